The highest BCUT2D eigenvalue weighted by molar-refractivity contribution is 6.31. The van der Waals surface area contributed by atoms with Gasteiger partial charge in [-0.05, 0) is 31.0 Å². The van der Waals surface area contributed by atoms with Crippen molar-refractivity contribution in [1.82, 2.24) is 10.3 Å². The van der Waals surface area contributed by atoms with E-state index < -0.39 is 0 Å². The number of aromatic nitrogens is 1. The minimum absolute atomic E-state index is 0.562. The van der Waals surface area contributed by atoms with E-state index in [0.717, 1.165) is 23.5 Å². The molecule has 78 valence electrons. The third kappa shape index (κ3) is 1.45. The van der Waals surface area contributed by atoms with Gasteiger partial charge in [0.25, 0.3) is 0 Å². The number of fused-ring (bicyclic) bond motifs is 3. The highest BCUT2D eigenvalue weighted by Crippen LogP contribution is 2.28. The van der Waals surface area contributed by atoms with Crippen LogP contribution in [0.5, 0.6) is 0 Å². The van der Waals surface area contributed by atoms with Crippen molar-refractivity contribution in [1.29, 1.82) is 0 Å². The van der Waals surface area contributed by atoms with Crippen LogP contribution in [-0.2, 0) is 13.0 Å². The van der Waals surface area contributed by atoms with Crippen molar-refractivity contribution in [3.8, 4) is 0 Å². The van der Waals surface area contributed by atoms with Crippen LogP contribution in [-0.4, -0.2) is 11.0 Å². The van der Waals surface area contributed by atoms with Crippen molar-refractivity contribution in [2.45, 2.75) is 25.9 Å². The van der Waals surface area contributed by atoms with Crippen molar-refractivity contribution in [2.75, 3.05) is 0 Å². The van der Waals surface area contributed by atoms with E-state index >= 15 is 0 Å². The molecule has 2 N–H and O–H groups in total. The van der Waals surface area contributed by atoms with Gasteiger partial charge in [0, 0.05) is 34.2 Å². The summed E-state index contributed by atoms with van der Waals surface area (Å²) in [6.07, 6.45) is 1.09. The number of aromatic amines is 1. The standard InChI is InChI=1S/C12H13ClN2/c1-7-4-10-9-3-2-8(13)5-11(9)15-12(10)6-14-7/h2-3,5,7,14-15H,4,6H2,1H3. The van der Waals surface area contributed by atoms with Crippen LogP contribution in [0.1, 0.15) is 18.2 Å². The summed E-state index contributed by atoms with van der Waals surface area (Å²) >= 11 is 5.98. The van der Waals surface area contributed by atoms with Gasteiger partial charge in [0.15, 0.2) is 0 Å². The lowest BCUT2D eigenvalue weighted by molar-refractivity contribution is 0.511. The van der Waals surface area contributed by atoms with Crippen LogP contribution >= 0.6 is 11.6 Å². The highest BCUT2D eigenvalue weighted by Gasteiger charge is 2.18. The number of hydrogen-bond donors (Lipinski definition) is 2. The molecule has 0 bridgehead atoms. The maximum atomic E-state index is 5.98. The lowest BCUT2D eigenvalue weighted by Crippen LogP contribution is -2.32. The largest absolute Gasteiger partial charge is 0.357 e. The van der Waals surface area contributed by atoms with Crippen LogP contribution in [0.2, 0.25) is 5.02 Å². The molecule has 0 amide bonds. The molecule has 0 saturated carbocycles. The number of hydrogen-bond acceptors (Lipinski definition) is 1. The van der Waals surface area contributed by atoms with E-state index in [1.807, 2.05) is 12.1 Å². The molecule has 2 heterocycles. The average Bonchev–Trinajstić information content (AvgIpc) is 2.54. The lowest BCUT2D eigenvalue weighted by atomic mass is 10.00. The monoisotopic (exact) mass is 220 g/mol. The molecule has 0 radical (unpaired) electrons. The molecule has 2 nitrogen and oxygen atoms in total. The van der Waals surface area contributed by atoms with E-state index in [9.17, 15) is 0 Å². The number of rotatable bonds is 0. The third-order valence-corrected chi connectivity index (χ3v) is 3.33. The fourth-order valence-corrected chi connectivity index (χ4v) is 2.49. The SMILES string of the molecule is CC1Cc2c([nH]c3cc(Cl)ccc23)CN1. The van der Waals surface area contributed by atoms with E-state index in [1.54, 1.807) is 0 Å². The Balaban J connectivity index is 2.24. The van der Waals surface area contributed by atoms with Gasteiger partial charge in [0.05, 0.1) is 0 Å². The highest BCUT2D eigenvalue weighted by atomic mass is 35.5. The second-order valence-corrected chi connectivity index (χ2v) is 4.69. The Morgan fingerprint density at radius 1 is 1.40 bits per heavy atom. The zero-order valence-corrected chi connectivity index (χ0v) is 9.36. The first-order valence-corrected chi connectivity index (χ1v) is 5.64. The summed E-state index contributed by atoms with van der Waals surface area (Å²) in [5, 5.41) is 5.57. The molecule has 0 spiro atoms. The Hall–Kier alpha value is -0.990. The molecule has 1 unspecified atom stereocenters. The summed E-state index contributed by atoms with van der Waals surface area (Å²) in [6, 6.07) is 6.64. The van der Waals surface area contributed by atoms with Gasteiger partial charge in [-0.1, -0.05) is 17.7 Å². The summed E-state index contributed by atoms with van der Waals surface area (Å²) in [4.78, 5) is 3.43. The van der Waals surface area contributed by atoms with Gasteiger partial charge >= 0.3 is 0 Å². The Bertz CT molecular complexity index is 516. The summed E-state index contributed by atoms with van der Waals surface area (Å²) in [5.41, 5.74) is 3.92. The Morgan fingerprint density at radius 2 is 2.27 bits per heavy atom. The molecule has 1 aromatic heterocycles. The van der Waals surface area contributed by atoms with E-state index in [0.29, 0.717) is 6.04 Å². The molecular weight excluding hydrogens is 208 g/mol. The fourth-order valence-electron chi connectivity index (χ4n) is 2.32. The van der Waals surface area contributed by atoms with Gasteiger partial charge in [-0.25, -0.2) is 0 Å². The van der Waals surface area contributed by atoms with Gasteiger partial charge in [0.1, 0.15) is 0 Å². The molecule has 1 aromatic carbocycles. The molecule has 0 aliphatic carbocycles. The molecule has 1 aliphatic heterocycles. The molecule has 0 fully saturated rings. The number of H-pyrrole nitrogens is 1. The predicted octanol–water partition coefficient (Wildman–Crippen LogP) is 2.86. The van der Waals surface area contributed by atoms with Crippen molar-refractivity contribution in [3.63, 3.8) is 0 Å². The van der Waals surface area contributed by atoms with E-state index in [1.165, 1.54) is 16.6 Å². The molecular formula is C12H13ClN2. The minimum atomic E-state index is 0.562. The first-order valence-electron chi connectivity index (χ1n) is 5.26. The van der Waals surface area contributed by atoms with Crippen LogP contribution in [0.15, 0.2) is 18.2 Å². The summed E-state index contributed by atoms with van der Waals surface area (Å²) in [5.74, 6) is 0. The van der Waals surface area contributed by atoms with Crippen LogP contribution in [0.4, 0.5) is 0 Å². The van der Waals surface area contributed by atoms with Crippen molar-refractivity contribution in [3.05, 3.63) is 34.5 Å². The Labute approximate surface area is 93.6 Å². The van der Waals surface area contributed by atoms with Crippen LogP contribution in [0.3, 0.4) is 0 Å². The maximum Gasteiger partial charge on any atom is 0.0474 e. The average molecular weight is 221 g/mol. The molecule has 1 aliphatic rings. The first kappa shape index (κ1) is 9.25. The quantitative estimate of drug-likeness (QED) is 0.702. The van der Waals surface area contributed by atoms with E-state index in [2.05, 4.69) is 23.3 Å². The molecule has 15 heavy (non-hydrogen) atoms. The summed E-state index contributed by atoms with van der Waals surface area (Å²) in [6.45, 7) is 3.15. The molecule has 1 atom stereocenters. The minimum Gasteiger partial charge on any atom is -0.357 e. The fraction of sp³-hybridized carbons (Fsp3) is 0.333. The molecule has 3 rings (SSSR count). The molecule has 3 heteroatoms. The second-order valence-electron chi connectivity index (χ2n) is 4.26. The van der Waals surface area contributed by atoms with Gasteiger partial charge < -0.3 is 10.3 Å². The zero-order valence-electron chi connectivity index (χ0n) is 8.60. The zero-order chi connectivity index (χ0) is 10.4. The van der Waals surface area contributed by atoms with Crippen LogP contribution in [0, 0.1) is 0 Å². The Morgan fingerprint density at radius 3 is 3.13 bits per heavy atom. The van der Waals surface area contributed by atoms with E-state index in [-0.39, 0.29) is 0 Å². The normalized spacial score (nSPS) is 20.5. The van der Waals surface area contributed by atoms with Crippen molar-refractivity contribution in [2.24, 2.45) is 0 Å². The van der Waals surface area contributed by atoms with Gasteiger partial charge in [-0.15, -0.1) is 0 Å². The van der Waals surface area contributed by atoms with Gasteiger partial charge in [-0.2, -0.15) is 0 Å². The maximum absolute atomic E-state index is 5.98. The first-order chi connectivity index (χ1) is 7.24. The van der Waals surface area contributed by atoms with Crippen molar-refractivity contribution >= 4 is 22.5 Å². The number of nitrogens with one attached hydrogen (secondary N) is 2. The smallest absolute Gasteiger partial charge is 0.0474 e. The predicted molar refractivity (Wildman–Crippen MR) is 63.3 cm³/mol. The third-order valence-electron chi connectivity index (χ3n) is 3.09. The number of benzene rings is 1. The van der Waals surface area contributed by atoms with Crippen LogP contribution < -0.4 is 5.32 Å². The topological polar surface area (TPSA) is 27.8 Å². The Kier molecular flexibility index (Phi) is 2.01. The summed E-state index contributed by atoms with van der Waals surface area (Å²) in [7, 11) is 0. The summed E-state index contributed by atoms with van der Waals surface area (Å²) < 4.78 is 0. The second kappa shape index (κ2) is 3.26. The van der Waals surface area contributed by atoms with Gasteiger partial charge in [-0.3, -0.25) is 0 Å². The lowest BCUT2D eigenvalue weighted by Gasteiger charge is -2.20. The van der Waals surface area contributed by atoms with E-state index in [4.69, 9.17) is 11.6 Å². The molecule has 2 aromatic rings. The van der Waals surface area contributed by atoms with Crippen LogP contribution in [0.25, 0.3) is 10.9 Å². The van der Waals surface area contributed by atoms with Crippen molar-refractivity contribution < 1.29 is 0 Å². The van der Waals surface area contributed by atoms with Gasteiger partial charge in [0.2, 0.25) is 0 Å². The molecule has 0 saturated heterocycles. The number of halogens is 1.